The summed E-state index contributed by atoms with van der Waals surface area (Å²) in [6, 6.07) is 0.682. The van der Waals surface area contributed by atoms with Gasteiger partial charge in [-0.3, -0.25) is 9.69 Å². The average molecular weight is 281 g/mol. The molecule has 0 aromatic heterocycles. The van der Waals surface area contributed by atoms with Gasteiger partial charge < -0.3 is 15.0 Å². The van der Waals surface area contributed by atoms with E-state index in [0.717, 1.165) is 58.8 Å². The largest absolute Gasteiger partial charge is 0.379 e. The lowest BCUT2D eigenvalue weighted by molar-refractivity contribution is -0.136. The number of hydrogen-bond donors (Lipinski definition) is 1. The molecule has 2 heterocycles. The maximum atomic E-state index is 12.5. The lowest BCUT2D eigenvalue weighted by Gasteiger charge is -2.38. The van der Waals surface area contributed by atoms with E-state index in [4.69, 9.17) is 4.74 Å². The molecule has 1 aliphatic carbocycles. The maximum absolute atomic E-state index is 12.5. The quantitative estimate of drug-likeness (QED) is 0.795. The van der Waals surface area contributed by atoms with Crippen molar-refractivity contribution in [1.82, 2.24) is 15.1 Å². The van der Waals surface area contributed by atoms with E-state index in [0.29, 0.717) is 11.9 Å². The SMILES string of the molecule is O=C1C(NC2CCC2)CCCN1CCN1CCOCC1. The second kappa shape index (κ2) is 6.87. The van der Waals surface area contributed by atoms with Gasteiger partial charge in [-0.15, -0.1) is 0 Å². The maximum Gasteiger partial charge on any atom is 0.239 e. The highest BCUT2D eigenvalue weighted by Crippen LogP contribution is 2.21. The van der Waals surface area contributed by atoms with Gasteiger partial charge in [-0.1, -0.05) is 6.42 Å². The summed E-state index contributed by atoms with van der Waals surface area (Å²) in [5.41, 5.74) is 0. The molecule has 3 rings (SSSR count). The molecule has 2 saturated heterocycles. The summed E-state index contributed by atoms with van der Waals surface area (Å²) in [4.78, 5) is 17.0. The topological polar surface area (TPSA) is 44.8 Å². The summed E-state index contributed by atoms with van der Waals surface area (Å²) in [7, 11) is 0. The van der Waals surface area contributed by atoms with Gasteiger partial charge in [0.25, 0.3) is 0 Å². The molecule has 0 aromatic rings. The fourth-order valence-corrected chi connectivity index (χ4v) is 3.26. The van der Waals surface area contributed by atoms with Gasteiger partial charge in [0, 0.05) is 38.8 Å². The molecule has 0 spiro atoms. The van der Waals surface area contributed by atoms with Crippen molar-refractivity contribution < 1.29 is 9.53 Å². The Hall–Kier alpha value is -0.650. The summed E-state index contributed by atoms with van der Waals surface area (Å²) in [6.45, 7) is 6.48. The molecule has 1 saturated carbocycles. The Balaban J connectivity index is 1.44. The van der Waals surface area contributed by atoms with Crippen LogP contribution in [0.15, 0.2) is 0 Å². The number of piperidine rings is 1. The van der Waals surface area contributed by atoms with Crippen LogP contribution in [-0.4, -0.2) is 73.7 Å². The van der Waals surface area contributed by atoms with Gasteiger partial charge >= 0.3 is 0 Å². The predicted octanol–water partition coefficient (Wildman–Crippen LogP) is 0.452. The Bertz CT molecular complexity index is 327. The zero-order chi connectivity index (χ0) is 13.8. The van der Waals surface area contributed by atoms with Crippen LogP contribution in [0, 0.1) is 0 Å². The van der Waals surface area contributed by atoms with Crippen molar-refractivity contribution in [3.8, 4) is 0 Å². The van der Waals surface area contributed by atoms with E-state index in [1.165, 1.54) is 19.3 Å². The van der Waals surface area contributed by atoms with Crippen molar-refractivity contribution in [1.29, 1.82) is 0 Å². The Morgan fingerprint density at radius 1 is 1.05 bits per heavy atom. The number of ether oxygens (including phenoxy) is 1. The van der Waals surface area contributed by atoms with E-state index < -0.39 is 0 Å². The Labute approximate surface area is 121 Å². The minimum absolute atomic E-state index is 0.0822. The third kappa shape index (κ3) is 3.51. The van der Waals surface area contributed by atoms with E-state index >= 15 is 0 Å². The van der Waals surface area contributed by atoms with E-state index in [9.17, 15) is 4.79 Å². The second-order valence-electron chi connectivity index (χ2n) is 6.27. The van der Waals surface area contributed by atoms with Crippen LogP contribution in [0.2, 0.25) is 0 Å². The monoisotopic (exact) mass is 281 g/mol. The van der Waals surface area contributed by atoms with Gasteiger partial charge in [0.05, 0.1) is 19.3 Å². The molecular formula is C15H27N3O2. The van der Waals surface area contributed by atoms with Crippen molar-refractivity contribution in [3.63, 3.8) is 0 Å². The number of nitrogens with one attached hydrogen (secondary N) is 1. The first-order valence-corrected chi connectivity index (χ1v) is 8.18. The highest BCUT2D eigenvalue weighted by molar-refractivity contribution is 5.82. The van der Waals surface area contributed by atoms with E-state index in [2.05, 4.69) is 15.1 Å². The minimum atomic E-state index is 0.0822. The van der Waals surface area contributed by atoms with Crippen molar-refractivity contribution in [3.05, 3.63) is 0 Å². The molecule has 114 valence electrons. The predicted molar refractivity (Wildman–Crippen MR) is 77.6 cm³/mol. The van der Waals surface area contributed by atoms with Crippen LogP contribution >= 0.6 is 0 Å². The van der Waals surface area contributed by atoms with Gasteiger partial charge in [0.2, 0.25) is 5.91 Å². The van der Waals surface area contributed by atoms with E-state index in [1.54, 1.807) is 0 Å². The summed E-state index contributed by atoms with van der Waals surface area (Å²) in [5, 5.41) is 3.55. The number of carbonyl (C=O) groups is 1. The molecule has 5 heteroatoms. The van der Waals surface area contributed by atoms with Crippen LogP contribution in [0.5, 0.6) is 0 Å². The number of carbonyl (C=O) groups excluding carboxylic acids is 1. The van der Waals surface area contributed by atoms with Gasteiger partial charge in [0.1, 0.15) is 0 Å². The van der Waals surface area contributed by atoms with Crippen LogP contribution in [0.3, 0.4) is 0 Å². The lowest BCUT2D eigenvalue weighted by atomic mass is 9.91. The number of morpholine rings is 1. The van der Waals surface area contributed by atoms with E-state index in [-0.39, 0.29) is 6.04 Å². The Morgan fingerprint density at radius 2 is 1.85 bits per heavy atom. The number of amides is 1. The smallest absolute Gasteiger partial charge is 0.239 e. The summed E-state index contributed by atoms with van der Waals surface area (Å²) < 4.78 is 5.36. The van der Waals surface area contributed by atoms with Crippen molar-refractivity contribution in [2.24, 2.45) is 0 Å². The van der Waals surface area contributed by atoms with Crippen molar-refractivity contribution in [2.75, 3.05) is 45.9 Å². The number of nitrogens with zero attached hydrogens (tertiary/aromatic N) is 2. The number of hydrogen-bond acceptors (Lipinski definition) is 4. The first-order valence-electron chi connectivity index (χ1n) is 8.18. The average Bonchev–Trinajstić information content (AvgIpc) is 2.44. The van der Waals surface area contributed by atoms with Gasteiger partial charge in [0.15, 0.2) is 0 Å². The molecule has 3 fully saturated rings. The zero-order valence-electron chi connectivity index (χ0n) is 12.4. The summed E-state index contributed by atoms with van der Waals surface area (Å²) >= 11 is 0. The standard InChI is InChI=1S/C15H27N3O2/c19-15-14(16-13-3-1-4-13)5-2-6-18(15)8-7-17-9-11-20-12-10-17/h13-14,16H,1-12H2. The van der Waals surface area contributed by atoms with Crippen LogP contribution in [0.25, 0.3) is 0 Å². The molecule has 5 nitrogen and oxygen atoms in total. The number of rotatable bonds is 5. The Morgan fingerprint density at radius 3 is 2.55 bits per heavy atom. The van der Waals surface area contributed by atoms with Crippen LogP contribution in [0.1, 0.15) is 32.1 Å². The fourth-order valence-electron chi connectivity index (χ4n) is 3.26. The molecule has 0 radical (unpaired) electrons. The third-order valence-electron chi connectivity index (χ3n) is 4.86. The van der Waals surface area contributed by atoms with Crippen LogP contribution in [0.4, 0.5) is 0 Å². The molecule has 1 amide bonds. The van der Waals surface area contributed by atoms with Gasteiger partial charge in [-0.05, 0) is 25.7 Å². The third-order valence-corrected chi connectivity index (χ3v) is 4.86. The van der Waals surface area contributed by atoms with Crippen molar-refractivity contribution in [2.45, 2.75) is 44.2 Å². The molecule has 1 unspecified atom stereocenters. The molecule has 3 aliphatic rings. The van der Waals surface area contributed by atoms with Gasteiger partial charge in [-0.2, -0.15) is 0 Å². The van der Waals surface area contributed by atoms with Crippen molar-refractivity contribution >= 4 is 5.91 Å². The first-order chi connectivity index (χ1) is 9.83. The molecule has 1 atom stereocenters. The molecule has 0 aromatic carbocycles. The fraction of sp³-hybridized carbons (Fsp3) is 0.933. The second-order valence-corrected chi connectivity index (χ2v) is 6.27. The minimum Gasteiger partial charge on any atom is -0.379 e. The molecule has 1 N–H and O–H groups in total. The number of likely N-dealkylation sites (tertiary alicyclic amines) is 1. The first kappa shape index (κ1) is 14.3. The highest BCUT2D eigenvalue weighted by atomic mass is 16.5. The molecule has 2 aliphatic heterocycles. The van der Waals surface area contributed by atoms with Crippen LogP contribution in [-0.2, 0) is 9.53 Å². The summed E-state index contributed by atoms with van der Waals surface area (Å²) in [6.07, 6.45) is 5.97. The highest BCUT2D eigenvalue weighted by Gasteiger charge is 2.31. The lowest BCUT2D eigenvalue weighted by Crippen LogP contribution is -2.55. The van der Waals surface area contributed by atoms with Crippen LogP contribution < -0.4 is 5.32 Å². The molecular weight excluding hydrogens is 254 g/mol. The Kier molecular flexibility index (Phi) is 4.91. The molecule has 0 bridgehead atoms. The zero-order valence-corrected chi connectivity index (χ0v) is 12.4. The van der Waals surface area contributed by atoms with Gasteiger partial charge in [-0.25, -0.2) is 0 Å². The van der Waals surface area contributed by atoms with E-state index in [1.807, 2.05) is 0 Å². The molecule has 20 heavy (non-hydrogen) atoms. The normalized spacial score (nSPS) is 29.5. The summed E-state index contributed by atoms with van der Waals surface area (Å²) in [5.74, 6) is 0.330.